The molecule has 0 saturated carbocycles. The van der Waals surface area contributed by atoms with E-state index in [2.05, 4.69) is 43.3 Å². The largest absolute Gasteiger partial charge is 0.423 e. The smallest absolute Gasteiger partial charge is 0.335 e. The topological polar surface area (TPSA) is 26.3 Å². The molecule has 0 aliphatic carbocycles. The van der Waals surface area contributed by atoms with Gasteiger partial charge in [-0.1, -0.05) is 69.2 Å². The molecule has 1 aromatic heterocycles. The number of ether oxygens (including phenoxy) is 1. The number of hydrogen-bond donors (Lipinski definition) is 0. The Morgan fingerprint density at radius 3 is 2.17 bits per heavy atom. The second-order valence-corrected chi connectivity index (χ2v) is 8.22. The van der Waals surface area contributed by atoms with Crippen LogP contribution in [0.4, 0.5) is 0 Å². The van der Waals surface area contributed by atoms with Crippen LogP contribution in [0.15, 0.2) is 72.8 Å². The Hall–Kier alpha value is -2.65. The molecule has 0 aliphatic heterocycles. The molecule has 0 N–H and O–H groups in total. The number of hydrogen-bond acceptors (Lipinski definition) is 3. The molecule has 0 unspecified atom stereocenters. The van der Waals surface area contributed by atoms with Gasteiger partial charge in [0.15, 0.2) is 0 Å². The molecule has 3 heteroatoms. The first-order valence-corrected chi connectivity index (χ1v) is 11.2. The minimum atomic E-state index is -0.339. The SMILES string of the molecule is CCC=CC(=O)Oc1ccc(-c2ccc(-c3ccc(CCCCC)s3)cc2)cc1. The van der Waals surface area contributed by atoms with Crippen LogP contribution < -0.4 is 4.74 Å². The van der Waals surface area contributed by atoms with Crippen molar-refractivity contribution in [3.8, 4) is 27.3 Å². The van der Waals surface area contributed by atoms with Gasteiger partial charge in [-0.05, 0) is 60.2 Å². The number of unbranched alkanes of at least 4 members (excludes halogenated alkanes) is 2. The Kier molecular flexibility index (Phi) is 7.83. The number of aryl methyl sites for hydroxylation is 1. The second kappa shape index (κ2) is 10.8. The molecule has 0 atom stereocenters. The highest BCUT2D eigenvalue weighted by Crippen LogP contribution is 2.31. The number of rotatable bonds is 9. The third-order valence-corrected chi connectivity index (χ3v) is 5.95. The van der Waals surface area contributed by atoms with Gasteiger partial charge in [0.05, 0.1) is 0 Å². The van der Waals surface area contributed by atoms with Crippen molar-refractivity contribution < 1.29 is 9.53 Å². The maximum Gasteiger partial charge on any atom is 0.335 e. The lowest BCUT2D eigenvalue weighted by Gasteiger charge is -2.06. The van der Waals surface area contributed by atoms with E-state index in [1.807, 2.05) is 42.5 Å². The summed E-state index contributed by atoms with van der Waals surface area (Å²) in [6, 6.07) is 20.8. The molecule has 2 aromatic carbocycles. The lowest BCUT2D eigenvalue weighted by atomic mass is 10.0. The molecule has 2 nitrogen and oxygen atoms in total. The predicted molar refractivity (Wildman–Crippen MR) is 123 cm³/mol. The van der Waals surface area contributed by atoms with Gasteiger partial charge in [-0.2, -0.15) is 0 Å². The van der Waals surface area contributed by atoms with Gasteiger partial charge in [0.1, 0.15) is 5.75 Å². The maximum atomic E-state index is 11.7. The summed E-state index contributed by atoms with van der Waals surface area (Å²) in [7, 11) is 0. The number of thiophene rings is 1. The van der Waals surface area contributed by atoms with Crippen LogP contribution in [0.2, 0.25) is 0 Å². The molecule has 0 spiro atoms. The Morgan fingerprint density at radius 1 is 0.862 bits per heavy atom. The first-order chi connectivity index (χ1) is 14.2. The van der Waals surface area contributed by atoms with E-state index in [0.29, 0.717) is 5.75 Å². The van der Waals surface area contributed by atoms with Gasteiger partial charge in [0.2, 0.25) is 0 Å². The number of benzene rings is 2. The molecule has 0 fully saturated rings. The first-order valence-electron chi connectivity index (χ1n) is 10.4. The van der Waals surface area contributed by atoms with Gasteiger partial charge in [-0.25, -0.2) is 4.79 Å². The quantitative estimate of drug-likeness (QED) is 0.158. The van der Waals surface area contributed by atoms with Gasteiger partial charge in [0, 0.05) is 15.8 Å². The molecule has 0 aliphatic rings. The fourth-order valence-corrected chi connectivity index (χ4v) is 4.18. The van der Waals surface area contributed by atoms with Crippen LogP contribution in [-0.4, -0.2) is 5.97 Å². The van der Waals surface area contributed by atoms with E-state index in [1.165, 1.54) is 47.1 Å². The van der Waals surface area contributed by atoms with E-state index in [-0.39, 0.29) is 5.97 Å². The molecular weight excluding hydrogens is 376 g/mol. The van der Waals surface area contributed by atoms with E-state index in [9.17, 15) is 4.79 Å². The van der Waals surface area contributed by atoms with Crippen molar-refractivity contribution in [3.05, 3.63) is 77.7 Å². The maximum absolute atomic E-state index is 11.7. The summed E-state index contributed by atoms with van der Waals surface area (Å²) in [6.07, 6.45) is 9.09. The third-order valence-electron chi connectivity index (χ3n) is 4.75. The van der Waals surface area contributed by atoms with Gasteiger partial charge in [-0.3, -0.25) is 0 Å². The molecule has 3 aromatic rings. The Bertz CT molecular complexity index is 934. The normalized spacial score (nSPS) is 11.1. The highest BCUT2D eigenvalue weighted by Gasteiger charge is 2.05. The first kappa shape index (κ1) is 21.1. The Labute approximate surface area is 177 Å². The average molecular weight is 405 g/mol. The fourth-order valence-electron chi connectivity index (χ4n) is 3.12. The molecule has 0 saturated heterocycles. The van der Waals surface area contributed by atoms with E-state index >= 15 is 0 Å². The molecule has 1 heterocycles. The number of carbonyl (C=O) groups excluding carboxylic acids is 1. The summed E-state index contributed by atoms with van der Waals surface area (Å²) < 4.78 is 5.30. The van der Waals surface area contributed by atoms with Crippen LogP contribution in [0, 0.1) is 0 Å². The zero-order valence-electron chi connectivity index (χ0n) is 17.2. The summed E-state index contributed by atoms with van der Waals surface area (Å²) in [5.41, 5.74) is 3.51. The minimum absolute atomic E-state index is 0.339. The van der Waals surface area contributed by atoms with Crippen molar-refractivity contribution in [1.82, 2.24) is 0 Å². The van der Waals surface area contributed by atoms with Crippen LogP contribution in [0.3, 0.4) is 0 Å². The fraction of sp³-hybridized carbons (Fsp3) is 0.269. The van der Waals surface area contributed by atoms with Crippen LogP contribution in [0.25, 0.3) is 21.6 Å². The van der Waals surface area contributed by atoms with Gasteiger partial charge < -0.3 is 4.74 Å². The van der Waals surface area contributed by atoms with Gasteiger partial charge in [0.25, 0.3) is 0 Å². The predicted octanol–water partition coefficient (Wildman–Crippen LogP) is 7.69. The summed E-state index contributed by atoms with van der Waals surface area (Å²) >= 11 is 1.90. The lowest BCUT2D eigenvalue weighted by molar-refractivity contribution is -0.129. The van der Waals surface area contributed by atoms with Crippen LogP contribution >= 0.6 is 11.3 Å². The third kappa shape index (κ3) is 6.16. The van der Waals surface area contributed by atoms with Crippen LogP contribution in [0.5, 0.6) is 5.75 Å². The van der Waals surface area contributed by atoms with Crippen LogP contribution in [0.1, 0.15) is 44.4 Å². The van der Waals surface area contributed by atoms with Crippen LogP contribution in [-0.2, 0) is 11.2 Å². The number of allylic oxidation sites excluding steroid dienone is 1. The molecule has 0 radical (unpaired) electrons. The van der Waals surface area contributed by atoms with E-state index in [4.69, 9.17) is 4.74 Å². The summed E-state index contributed by atoms with van der Waals surface area (Å²) in [5, 5.41) is 0. The zero-order chi connectivity index (χ0) is 20.5. The van der Waals surface area contributed by atoms with Crippen molar-refractivity contribution in [2.75, 3.05) is 0 Å². The molecule has 0 amide bonds. The monoisotopic (exact) mass is 404 g/mol. The van der Waals surface area contributed by atoms with E-state index in [1.54, 1.807) is 6.08 Å². The van der Waals surface area contributed by atoms with Crippen molar-refractivity contribution in [3.63, 3.8) is 0 Å². The van der Waals surface area contributed by atoms with Gasteiger partial charge >= 0.3 is 5.97 Å². The van der Waals surface area contributed by atoms with Crippen molar-refractivity contribution in [2.24, 2.45) is 0 Å². The average Bonchev–Trinajstić information content (AvgIpc) is 3.22. The molecule has 3 rings (SSSR count). The Morgan fingerprint density at radius 2 is 1.52 bits per heavy atom. The molecule has 0 bridgehead atoms. The standard InChI is InChI=1S/C26H28O2S/c1-3-5-7-8-24-18-19-25(29-24)22-12-10-20(11-13-22)21-14-16-23(17-15-21)28-26(27)9-6-4-2/h6,9-19H,3-5,7-8H2,1-2H3. The zero-order valence-corrected chi connectivity index (χ0v) is 18.0. The molecule has 29 heavy (non-hydrogen) atoms. The molecular formula is C26H28O2S. The summed E-state index contributed by atoms with van der Waals surface area (Å²) in [4.78, 5) is 14.5. The highest BCUT2D eigenvalue weighted by molar-refractivity contribution is 7.15. The van der Waals surface area contributed by atoms with E-state index < -0.39 is 0 Å². The summed E-state index contributed by atoms with van der Waals surface area (Å²) in [6.45, 7) is 4.22. The Balaban J connectivity index is 1.64. The second-order valence-electron chi connectivity index (χ2n) is 7.06. The van der Waals surface area contributed by atoms with Gasteiger partial charge in [-0.15, -0.1) is 11.3 Å². The summed E-state index contributed by atoms with van der Waals surface area (Å²) in [5.74, 6) is 0.222. The van der Waals surface area contributed by atoms with Crippen molar-refractivity contribution in [1.29, 1.82) is 0 Å². The highest BCUT2D eigenvalue weighted by atomic mass is 32.1. The number of carbonyl (C=O) groups is 1. The van der Waals surface area contributed by atoms with Crippen molar-refractivity contribution >= 4 is 17.3 Å². The van der Waals surface area contributed by atoms with E-state index in [0.717, 1.165) is 17.5 Å². The lowest BCUT2D eigenvalue weighted by Crippen LogP contribution is -2.03. The van der Waals surface area contributed by atoms with Crippen molar-refractivity contribution in [2.45, 2.75) is 46.0 Å². The minimum Gasteiger partial charge on any atom is -0.423 e. The number of esters is 1. The molecule has 150 valence electrons.